The first-order chi connectivity index (χ1) is 11.0. The molecule has 2 N–H and O–H groups in total. The number of nitrogens with two attached hydrogens (primary N) is 1. The molecule has 0 saturated heterocycles. The van der Waals surface area contributed by atoms with Gasteiger partial charge in [0.15, 0.2) is 0 Å². The number of hydrogen-bond donors (Lipinski definition) is 1. The Labute approximate surface area is 135 Å². The molecule has 118 valence electrons. The standard InChI is InChI=1S/C18H20N4O/c1-17(2)18(22-16(19)23-17)7-6-13-12(10-18)4-3-5-14(13)15-11-20-8-9-21-15/h3-5,8-9,11H,6-7,10H2,1-2H3,(H2,19,22)/t18-/m0/s1. The minimum atomic E-state index is -0.378. The smallest absolute Gasteiger partial charge is 0.283 e. The maximum Gasteiger partial charge on any atom is 0.283 e. The van der Waals surface area contributed by atoms with Crippen molar-refractivity contribution in [1.29, 1.82) is 0 Å². The summed E-state index contributed by atoms with van der Waals surface area (Å²) in [7, 11) is 0. The van der Waals surface area contributed by atoms with Crippen LogP contribution < -0.4 is 5.73 Å². The van der Waals surface area contributed by atoms with Gasteiger partial charge >= 0.3 is 0 Å². The zero-order chi connectivity index (χ0) is 16.1. The first-order valence-corrected chi connectivity index (χ1v) is 7.92. The van der Waals surface area contributed by atoms with Crippen molar-refractivity contribution < 1.29 is 4.74 Å². The highest BCUT2D eigenvalue weighted by Gasteiger charge is 2.53. The average Bonchev–Trinajstić information content (AvgIpc) is 2.75. The number of rotatable bonds is 1. The third-order valence-electron chi connectivity index (χ3n) is 5.19. The van der Waals surface area contributed by atoms with Gasteiger partial charge in [0, 0.05) is 24.4 Å². The molecule has 5 heteroatoms. The Hall–Kier alpha value is -2.43. The van der Waals surface area contributed by atoms with Crippen LogP contribution in [-0.2, 0) is 17.6 Å². The van der Waals surface area contributed by atoms with Crippen molar-refractivity contribution in [3.63, 3.8) is 0 Å². The Morgan fingerprint density at radius 3 is 2.78 bits per heavy atom. The summed E-state index contributed by atoms with van der Waals surface area (Å²) in [6, 6.07) is 6.69. The molecule has 0 saturated carbocycles. The highest BCUT2D eigenvalue weighted by molar-refractivity contribution is 5.75. The fourth-order valence-electron chi connectivity index (χ4n) is 3.84. The number of aliphatic imine (C=N–C) groups is 1. The van der Waals surface area contributed by atoms with Crippen LogP contribution in [0.25, 0.3) is 11.3 Å². The normalized spacial score (nSPS) is 24.9. The molecule has 2 aromatic rings. The van der Waals surface area contributed by atoms with Gasteiger partial charge in [-0.15, -0.1) is 0 Å². The highest BCUT2D eigenvalue weighted by atomic mass is 16.5. The summed E-state index contributed by atoms with van der Waals surface area (Å²) in [6.07, 6.45) is 7.95. The van der Waals surface area contributed by atoms with E-state index in [0.29, 0.717) is 6.02 Å². The van der Waals surface area contributed by atoms with Gasteiger partial charge in [0.05, 0.1) is 11.9 Å². The van der Waals surface area contributed by atoms with Crippen LogP contribution in [0.4, 0.5) is 0 Å². The molecule has 0 radical (unpaired) electrons. The molecule has 2 heterocycles. The molecule has 0 fully saturated rings. The lowest BCUT2D eigenvalue weighted by molar-refractivity contribution is 0.0357. The largest absolute Gasteiger partial charge is 0.457 e. The molecule has 1 aromatic carbocycles. The average molecular weight is 308 g/mol. The van der Waals surface area contributed by atoms with E-state index < -0.39 is 0 Å². The number of aromatic nitrogens is 2. The lowest BCUT2D eigenvalue weighted by Crippen LogP contribution is -2.50. The monoisotopic (exact) mass is 308 g/mol. The molecule has 1 spiro atoms. The van der Waals surface area contributed by atoms with E-state index in [-0.39, 0.29) is 11.1 Å². The first-order valence-electron chi connectivity index (χ1n) is 7.92. The predicted molar refractivity (Wildman–Crippen MR) is 89.0 cm³/mol. The van der Waals surface area contributed by atoms with E-state index in [2.05, 4.69) is 47.0 Å². The molecule has 4 rings (SSSR count). The third kappa shape index (κ3) is 2.11. The molecule has 0 bridgehead atoms. The number of ether oxygens (including phenoxy) is 1. The fraction of sp³-hybridized carbons (Fsp3) is 0.389. The lowest BCUT2D eigenvalue weighted by atomic mass is 9.69. The zero-order valence-electron chi connectivity index (χ0n) is 13.4. The van der Waals surface area contributed by atoms with Gasteiger partial charge in [-0.1, -0.05) is 18.2 Å². The molecule has 5 nitrogen and oxygen atoms in total. The molecule has 1 aromatic heterocycles. The molecule has 1 aliphatic carbocycles. The quantitative estimate of drug-likeness (QED) is 0.878. The molecule has 23 heavy (non-hydrogen) atoms. The Kier molecular flexibility index (Phi) is 2.95. The van der Waals surface area contributed by atoms with E-state index in [4.69, 9.17) is 10.5 Å². The zero-order valence-corrected chi connectivity index (χ0v) is 13.4. The number of nitrogens with zero attached hydrogens (tertiary/aromatic N) is 3. The van der Waals surface area contributed by atoms with Crippen molar-refractivity contribution in [3.05, 3.63) is 47.9 Å². The Morgan fingerprint density at radius 1 is 1.22 bits per heavy atom. The summed E-state index contributed by atoms with van der Waals surface area (Å²) < 4.78 is 5.78. The molecule has 2 aliphatic rings. The van der Waals surface area contributed by atoms with Crippen molar-refractivity contribution >= 4 is 6.02 Å². The van der Waals surface area contributed by atoms with Crippen molar-refractivity contribution in [3.8, 4) is 11.3 Å². The Balaban J connectivity index is 1.78. The van der Waals surface area contributed by atoms with Crippen LogP contribution >= 0.6 is 0 Å². The second-order valence-electron chi connectivity index (χ2n) is 6.80. The Bertz CT molecular complexity index is 785. The molecule has 0 unspecified atom stereocenters. The van der Waals surface area contributed by atoms with Crippen LogP contribution in [0.1, 0.15) is 31.4 Å². The number of fused-ring (bicyclic) bond motifs is 1. The third-order valence-corrected chi connectivity index (χ3v) is 5.19. The molecule has 0 amide bonds. The predicted octanol–water partition coefficient (Wildman–Crippen LogP) is 2.49. The van der Waals surface area contributed by atoms with Crippen LogP contribution in [0.5, 0.6) is 0 Å². The van der Waals surface area contributed by atoms with E-state index in [1.165, 1.54) is 16.7 Å². The summed E-state index contributed by atoms with van der Waals surface area (Å²) >= 11 is 0. The highest BCUT2D eigenvalue weighted by Crippen LogP contribution is 2.45. The first kappa shape index (κ1) is 14.2. The molecular formula is C18H20N4O. The van der Waals surface area contributed by atoms with Gasteiger partial charge in [-0.05, 0) is 37.8 Å². The van der Waals surface area contributed by atoms with Crippen molar-refractivity contribution in [1.82, 2.24) is 9.97 Å². The number of hydrogen-bond acceptors (Lipinski definition) is 5. The SMILES string of the molecule is CC1(C)OC(N)=N[C@]12CCc1c(cccc1-c1cnccn1)C2. The van der Waals surface area contributed by atoms with Crippen LogP contribution in [-0.4, -0.2) is 27.1 Å². The van der Waals surface area contributed by atoms with Crippen LogP contribution in [0.15, 0.2) is 41.8 Å². The van der Waals surface area contributed by atoms with Gasteiger partial charge in [0.25, 0.3) is 6.02 Å². The summed E-state index contributed by atoms with van der Waals surface area (Å²) in [5.41, 5.74) is 9.95. The van der Waals surface area contributed by atoms with Crippen molar-refractivity contribution in [2.45, 2.75) is 44.2 Å². The number of amidine groups is 1. The minimum Gasteiger partial charge on any atom is -0.457 e. The molecule has 1 atom stereocenters. The minimum absolute atomic E-state index is 0.273. The maximum absolute atomic E-state index is 5.87. The van der Waals surface area contributed by atoms with E-state index in [0.717, 1.165) is 25.0 Å². The molecular weight excluding hydrogens is 288 g/mol. The topological polar surface area (TPSA) is 73.4 Å². The summed E-state index contributed by atoms with van der Waals surface area (Å²) in [5.74, 6) is 0. The van der Waals surface area contributed by atoms with Gasteiger partial charge in [0.1, 0.15) is 11.1 Å². The summed E-state index contributed by atoms with van der Waals surface area (Å²) in [4.78, 5) is 13.3. The summed E-state index contributed by atoms with van der Waals surface area (Å²) in [6.45, 7) is 4.15. The molecule has 1 aliphatic heterocycles. The van der Waals surface area contributed by atoms with Crippen LogP contribution in [0.3, 0.4) is 0 Å². The van der Waals surface area contributed by atoms with Gasteiger partial charge < -0.3 is 10.5 Å². The maximum atomic E-state index is 5.87. The van der Waals surface area contributed by atoms with Crippen molar-refractivity contribution in [2.75, 3.05) is 0 Å². The van der Waals surface area contributed by atoms with Crippen molar-refractivity contribution in [2.24, 2.45) is 10.7 Å². The van der Waals surface area contributed by atoms with E-state index >= 15 is 0 Å². The van der Waals surface area contributed by atoms with Crippen LogP contribution in [0, 0.1) is 0 Å². The van der Waals surface area contributed by atoms with Gasteiger partial charge in [0.2, 0.25) is 0 Å². The fourth-order valence-corrected chi connectivity index (χ4v) is 3.84. The number of benzene rings is 1. The van der Waals surface area contributed by atoms with Gasteiger partial charge in [-0.3, -0.25) is 9.97 Å². The van der Waals surface area contributed by atoms with Gasteiger partial charge in [-0.2, -0.15) is 0 Å². The van der Waals surface area contributed by atoms with E-state index in [1.54, 1.807) is 12.4 Å². The van der Waals surface area contributed by atoms with E-state index in [9.17, 15) is 0 Å². The lowest BCUT2D eigenvalue weighted by Gasteiger charge is -2.41. The Morgan fingerprint density at radius 2 is 2.09 bits per heavy atom. The van der Waals surface area contributed by atoms with Gasteiger partial charge in [-0.25, -0.2) is 4.99 Å². The van der Waals surface area contributed by atoms with Crippen LogP contribution in [0.2, 0.25) is 0 Å². The van der Waals surface area contributed by atoms with E-state index in [1.807, 2.05) is 6.20 Å². The second-order valence-corrected chi connectivity index (χ2v) is 6.80. The summed E-state index contributed by atoms with van der Waals surface area (Å²) in [5, 5.41) is 0. The second kappa shape index (κ2) is 4.78.